The normalized spacial score (nSPS) is 11.2. The molecule has 0 saturated heterocycles. The number of aryl methyl sites for hydroxylation is 1. The van der Waals surface area contributed by atoms with Gasteiger partial charge in [-0.1, -0.05) is 24.3 Å². The Hall–Kier alpha value is -2.15. The van der Waals surface area contributed by atoms with Crippen molar-refractivity contribution < 1.29 is 4.79 Å². The number of hydrogen-bond acceptors (Lipinski definition) is 2. The van der Waals surface area contributed by atoms with Crippen LogP contribution in [0.4, 0.5) is 0 Å². The maximum absolute atomic E-state index is 12.0. The van der Waals surface area contributed by atoms with Crippen LogP contribution >= 0.6 is 22.6 Å². The number of amides is 1. The fourth-order valence-corrected chi connectivity index (χ4v) is 2.86. The molecule has 0 fully saturated rings. The van der Waals surface area contributed by atoms with Gasteiger partial charge in [-0.3, -0.25) is 4.79 Å². The summed E-state index contributed by atoms with van der Waals surface area (Å²) in [6.07, 6.45) is 1.68. The Labute approximate surface area is 141 Å². The molecule has 3 rings (SSSR count). The zero-order valence-electron chi connectivity index (χ0n) is 11.9. The minimum atomic E-state index is -0.215. The third-order valence-corrected chi connectivity index (χ3v) is 4.06. The summed E-state index contributed by atoms with van der Waals surface area (Å²) in [5, 5.41) is 5.17. The molecule has 1 amide bonds. The van der Waals surface area contributed by atoms with Crippen LogP contribution in [0, 0.1) is 10.5 Å². The predicted molar refractivity (Wildman–Crippen MR) is 97.3 cm³/mol. The van der Waals surface area contributed by atoms with Gasteiger partial charge in [0.25, 0.3) is 5.91 Å². The van der Waals surface area contributed by atoms with Crippen LogP contribution in [-0.4, -0.2) is 17.1 Å². The van der Waals surface area contributed by atoms with Crippen molar-refractivity contribution in [3.63, 3.8) is 0 Å². The van der Waals surface area contributed by atoms with Crippen LogP contribution in [0.5, 0.6) is 0 Å². The topological polar surface area (TPSA) is 57.2 Å². The van der Waals surface area contributed by atoms with Gasteiger partial charge >= 0.3 is 0 Å². The van der Waals surface area contributed by atoms with Crippen LogP contribution in [0.1, 0.15) is 21.6 Å². The molecule has 0 atom stereocenters. The number of para-hydroxylation sites is 1. The second-order valence-corrected chi connectivity index (χ2v) is 6.16. The fourth-order valence-electron chi connectivity index (χ4n) is 2.31. The Balaban J connectivity index is 1.79. The molecule has 0 radical (unpaired) electrons. The lowest BCUT2D eigenvalue weighted by Crippen LogP contribution is -2.17. The summed E-state index contributed by atoms with van der Waals surface area (Å²) in [4.78, 5) is 15.3. The Bertz CT molecular complexity index is 867. The number of nitrogens with zero attached hydrogens (tertiary/aromatic N) is 1. The summed E-state index contributed by atoms with van der Waals surface area (Å²) in [5.41, 5.74) is 6.23. The van der Waals surface area contributed by atoms with Crippen molar-refractivity contribution in [1.29, 1.82) is 0 Å². The average molecular weight is 403 g/mol. The number of H-pyrrole nitrogens is 1. The van der Waals surface area contributed by atoms with E-state index in [1.807, 2.05) is 49.4 Å². The number of nitrogens with one attached hydrogen (secondary N) is 2. The van der Waals surface area contributed by atoms with Crippen molar-refractivity contribution >= 4 is 45.6 Å². The van der Waals surface area contributed by atoms with Crippen LogP contribution in [0.15, 0.2) is 53.6 Å². The molecule has 3 aromatic rings. The maximum Gasteiger partial charge on any atom is 0.271 e. The lowest BCUT2D eigenvalue weighted by molar-refractivity contribution is 0.0955. The van der Waals surface area contributed by atoms with E-state index in [9.17, 15) is 4.79 Å². The monoisotopic (exact) mass is 403 g/mol. The third kappa shape index (κ3) is 3.04. The SMILES string of the molecule is Cc1[nH]c2ccccc2c1/C=N\NC(=O)c1cccc(I)c1. The molecule has 110 valence electrons. The van der Waals surface area contributed by atoms with Crippen LogP contribution in [0.3, 0.4) is 0 Å². The molecule has 5 heteroatoms. The van der Waals surface area contributed by atoms with Crippen LogP contribution in [0.2, 0.25) is 0 Å². The second kappa shape index (κ2) is 6.31. The van der Waals surface area contributed by atoms with Gasteiger partial charge in [-0.15, -0.1) is 0 Å². The Morgan fingerprint density at radius 1 is 1.23 bits per heavy atom. The molecule has 0 unspecified atom stereocenters. The van der Waals surface area contributed by atoms with Crippen molar-refractivity contribution in [3.05, 3.63) is 68.9 Å². The third-order valence-electron chi connectivity index (χ3n) is 3.39. The number of aromatic nitrogens is 1. The van der Waals surface area contributed by atoms with Gasteiger partial charge in [-0.25, -0.2) is 5.43 Å². The summed E-state index contributed by atoms with van der Waals surface area (Å²) >= 11 is 2.18. The number of hydrogen-bond donors (Lipinski definition) is 2. The molecule has 0 aliphatic heterocycles. The molecule has 2 aromatic carbocycles. The quantitative estimate of drug-likeness (QED) is 0.390. The van der Waals surface area contributed by atoms with Gasteiger partial charge in [-0.2, -0.15) is 5.10 Å². The Kier molecular flexibility index (Phi) is 4.24. The Morgan fingerprint density at radius 2 is 2.05 bits per heavy atom. The van der Waals surface area contributed by atoms with Gasteiger partial charge in [0.15, 0.2) is 0 Å². The van der Waals surface area contributed by atoms with E-state index in [2.05, 4.69) is 38.1 Å². The molecule has 1 heterocycles. The average Bonchev–Trinajstić information content (AvgIpc) is 2.83. The molecule has 0 saturated carbocycles. The summed E-state index contributed by atoms with van der Waals surface area (Å²) in [5.74, 6) is -0.215. The first-order valence-corrected chi connectivity index (χ1v) is 7.89. The van der Waals surface area contributed by atoms with Crippen molar-refractivity contribution in [2.24, 2.45) is 5.10 Å². The highest BCUT2D eigenvalue weighted by molar-refractivity contribution is 14.1. The summed E-state index contributed by atoms with van der Waals surface area (Å²) < 4.78 is 1.02. The van der Waals surface area contributed by atoms with Crippen LogP contribution < -0.4 is 5.43 Å². The van der Waals surface area contributed by atoms with Crippen molar-refractivity contribution in [3.8, 4) is 0 Å². The first-order chi connectivity index (χ1) is 10.6. The molecular formula is C17H14IN3O. The predicted octanol–water partition coefficient (Wildman–Crippen LogP) is 3.84. The lowest BCUT2D eigenvalue weighted by atomic mass is 10.1. The minimum Gasteiger partial charge on any atom is -0.358 e. The maximum atomic E-state index is 12.0. The highest BCUT2D eigenvalue weighted by Crippen LogP contribution is 2.19. The van der Waals surface area contributed by atoms with E-state index < -0.39 is 0 Å². The molecule has 0 aliphatic carbocycles. The van der Waals surface area contributed by atoms with E-state index in [4.69, 9.17) is 0 Å². The van der Waals surface area contributed by atoms with Gasteiger partial charge in [-0.05, 0) is 53.8 Å². The summed E-state index contributed by atoms with van der Waals surface area (Å²) in [7, 11) is 0. The van der Waals surface area contributed by atoms with Gasteiger partial charge < -0.3 is 4.98 Å². The molecule has 0 spiro atoms. The van der Waals surface area contributed by atoms with E-state index in [1.54, 1.807) is 12.3 Å². The molecule has 0 bridgehead atoms. The molecule has 4 nitrogen and oxygen atoms in total. The minimum absolute atomic E-state index is 0.215. The second-order valence-electron chi connectivity index (χ2n) is 4.92. The largest absolute Gasteiger partial charge is 0.358 e. The van der Waals surface area contributed by atoms with E-state index in [-0.39, 0.29) is 5.91 Å². The first kappa shape index (κ1) is 14.8. The lowest BCUT2D eigenvalue weighted by Gasteiger charge is -2.00. The zero-order valence-corrected chi connectivity index (χ0v) is 14.1. The highest BCUT2D eigenvalue weighted by Gasteiger charge is 2.06. The van der Waals surface area contributed by atoms with E-state index in [1.165, 1.54) is 0 Å². The van der Waals surface area contributed by atoms with E-state index in [0.29, 0.717) is 5.56 Å². The zero-order chi connectivity index (χ0) is 15.5. The molecule has 2 N–H and O–H groups in total. The Morgan fingerprint density at radius 3 is 2.86 bits per heavy atom. The van der Waals surface area contributed by atoms with Crippen molar-refractivity contribution in [2.75, 3.05) is 0 Å². The van der Waals surface area contributed by atoms with Gasteiger partial charge in [0.2, 0.25) is 0 Å². The van der Waals surface area contributed by atoms with Crippen molar-refractivity contribution in [1.82, 2.24) is 10.4 Å². The first-order valence-electron chi connectivity index (χ1n) is 6.81. The standard InChI is InChI=1S/C17H14IN3O/c1-11-15(14-7-2-3-8-16(14)20-11)10-19-21-17(22)12-5-4-6-13(18)9-12/h2-10,20H,1H3,(H,21,22)/b19-10-. The number of hydrazone groups is 1. The van der Waals surface area contributed by atoms with Gasteiger partial charge in [0.1, 0.15) is 0 Å². The number of aromatic amines is 1. The number of halogens is 1. The summed E-state index contributed by atoms with van der Waals surface area (Å²) in [6.45, 7) is 1.99. The van der Waals surface area contributed by atoms with Crippen LogP contribution in [-0.2, 0) is 0 Å². The number of carbonyl (C=O) groups is 1. The van der Waals surface area contributed by atoms with E-state index in [0.717, 1.165) is 25.7 Å². The highest BCUT2D eigenvalue weighted by atomic mass is 127. The van der Waals surface area contributed by atoms with Gasteiger partial charge in [0, 0.05) is 31.3 Å². The molecule has 1 aromatic heterocycles. The number of fused-ring (bicyclic) bond motifs is 1. The van der Waals surface area contributed by atoms with Crippen LogP contribution in [0.25, 0.3) is 10.9 Å². The number of benzene rings is 2. The van der Waals surface area contributed by atoms with Gasteiger partial charge in [0.05, 0.1) is 6.21 Å². The smallest absolute Gasteiger partial charge is 0.271 e. The number of rotatable bonds is 3. The molecular weight excluding hydrogens is 389 g/mol. The molecule has 22 heavy (non-hydrogen) atoms. The molecule has 0 aliphatic rings. The fraction of sp³-hybridized carbons (Fsp3) is 0.0588. The summed E-state index contributed by atoms with van der Waals surface area (Å²) in [6, 6.07) is 15.4. The number of carbonyl (C=O) groups excluding carboxylic acids is 1. The van der Waals surface area contributed by atoms with Crippen molar-refractivity contribution in [2.45, 2.75) is 6.92 Å². The van der Waals surface area contributed by atoms with E-state index >= 15 is 0 Å².